The molecule has 0 heterocycles. The Morgan fingerprint density at radius 2 is 1.79 bits per heavy atom. The smallest absolute Gasteiger partial charge is 0.397 e. The molecule has 0 aliphatic carbocycles. The van der Waals surface area contributed by atoms with Crippen LogP contribution in [0.4, 0.5) is 13.2 Å². The Morgan fingerprint density at radius 3 is 2.21 bits per heavy atom. The SMILES string of the molecule is CC(=O)OC(F)(F)c1ccc(F)cc1. The van der Waals surface area contributed by atoms with Crippen LogP contribution in [-0.2, 0) is 15.6 Å². The van der Waals surface area contributed by atoms with E-state index in [0.717, 1.165) is 31.2 Å². The Labute approximate surface area is 78.3 Å². The summed E-state index contributed by atoms with van der Waals surface area (Å²) in [6.45, 7) is 0.872. The molecule has 0 radical (unpaired) electrons. The maximum atomic E-state index is 13.0. The number of halogens is 3. The molecule has 0 aromatic heterocycles. The van der Waals surface area contributed by atoms with Crippen molar-refractivity contribution in [2.75, 3.05) is 0 Å². The van der Waals surface area contributed by atoms with Crippen molar-refractivity contribution in [1.82, 2.24) is 0 Å². The third-order valence-electron chi connectivity index (χ3n) is 1.45. The van der Waals surface area contributed by atoms with Gasteiger partial charge < -0.3 is 4.74 Å². The molecule has 0 atom stereocenters. The summed E-state index contributed by atoms with van der Waals surface area (Å²) in [5.41, 5.74) is -0.561. The van der Waals surface area contributed by atoms with Gasteiger partial charge in [-0.25, -0.2) is 4.39 Å². The van der Waals surface area contributed by atoms with E-state index >= 15 is 0 Å². The summed E-state index contributed by atoms with van der Waals surface area (Å²) in [4.78, 5) is 10.3. The molecule has 0 spiro atoms. The van der Waals surface area contributed by atoms with Crippen molar-refractivity contribution in [2.24, 2.45) is 0 Å². The van der Waals surface area contributed by atoms with E-state index < -0.39 is 23.5 Å². The van der Waals surface area contributed by atoms with E-state index in [4.69, 9.17) is 0 Å². The zero-order valence-corrected chi connectivity index (χ0v) is 7.26. The number of benzene rings is 1. The lowest BCUT2D eigenvalue weighted by Gasteiger charge is -2.15. The van der Waals surface area contributed by atoms with Crippen LogP contribution in [0.2, 0.25) is 0 Å². The second kappa shape index (κ2) is 3.69. The minimum atomic E-state index is -3.71. The summed E-state index contributed by atoms with van der Waals surface area (Å²) < 4.78 is 42.1. The van der Waals surface area contributed by atoms with Crippen LogP contribution in [0.25, 0.3) is 0 Å². The lowest BCUT2D eigenvalue weighted by atomic mass is 10.2. The van der Waals surface area contributed by atoms with Crippen LogP contribution in [-0.4, -0.2) is 5.97 Å². The summed E-state index contributed by atoms with van der Waals surface area (Å²) in [7, 11) is 0. The van der Waals surface area contributed by atoms with Gasteiger partial charge in [0.1, 0.15) is 5.82 Å². The van der Waals surface area contributed by atoms with Gasteiger partial charge in [-0.3, -0.25) is 4.79 Å². The van der Waals surface area contributed by atoms with Gasteiger partial charge in [-0.15, -0.1) is 0 Å². The summed E-state index contributed by atoms with van der Waals surface area (Å²) in [6.07, 6.45) is -3.71. The Morgan fingerprint density at radius 1 is 1.29 bits per heavy atom. The van der Waals surface area contributed by atoms with Gasteiger partial charge in [-0.1, -0.05) is 0 Å². The molecule has 0 saturated carbocycles. The lowest BCUT2D eigenvalue weighted by Crippen LogP contribution is -2.20. The molecule has 0 N–H and O–H groups in total. The predicted molar refractivity (Wildman–Crippen MR) is 42.1 cm³/mol. The fraction of sp³-hybridized carbons (Fsp3) is 0.222. The molecule has 1 aromatic carbocycles. The highest BCUT2D eigenvalue weighted by Gasteiger charge is 2.35. The van der Waals surface area contributed by atoms with E-state index in [0.29, 0.717) is 0 Å². The van der Waals surface area contributed by atoms with Crippen LogP contribution in [0, 0.1) is 5.82 Å². The van der Waals surface area contributed by atoms with Crippen molar-refractivity contribution in [1.29, 1.82) is 0 Å². The van der Waals surface area contributed by atoms with Gasteiger partial charge in [0.25, 0.3) is 0 Å². The maximum Gasteiger partial charge on any atom is 0.428 e. The molecule has 0 aliphatic heterocycles. The number of hydrogen-bond acceptors (Lipinski definition) is 2. The summed E-state index contributed by atoms with van der Waals surface area (Å²) >= 11 is 0. The average Bonchev–Trinajstić information content (AvgIpc) is 2.02. The fourth-order valence-corrected chi connectivity index (χ4v) is 0.883. The highest BCUT2D eigenvalue weighted by atomic mass is 19.3. The highest BCUT2D eigenvalue weighted by molar-refractivity contribution is 5.66. The van der Waals surface area contributed by atoms with Gasteiger partial charge in [0.05, 0.1) is 5.56 Å². The molecule has 0 aliphatic rings. The first-order valence-corrected chi connectivity index (χ1v) is 3.75. The van der Waals surface area contributed by atoms with Crippen molar-refractivity contribution >= 4 is 5.97 Å². The van der Waals surface area contributed by atoms with Gasteiger partial charge in [-0.2, -0.15) is 8.78 Å². The van der Waals surface area contributed by atoms with Gasteiger partial charge in [-0.05, 0) is 24.3 Å². The van der Waals surface area contributed by atoms with Crippen molar-refractivity contribution in [3.63, 3.8) is 0 Å². The molecule has 2 nitrogen and oxygen atoms in total. The molecular formula is C9H7F3O2. The van der Waals surface area contributed by atoms with Gasteiger partial charge in [0.2, 0.25) is 0 Å². The first kappa shape index (κ1) is 10.6. The number of alkyl halides is 2. The molecule has 0 bridgehead atoms. The number of carbonyl (C=O) groups excluding carboxylic acids is 1. The van der Waals surface area contributed by atoms with Crippen molar-refractivity contribution in [2.45, 2.75) is 13.0 Å². The quantitative estimate of drug-likeness (QED) is 0.691. The minimum Gasteiger partial charge on any atom is -0.397 e. The predicted octanol–water partition coefficient (Wildman–Crippen LogP) is 2.44. The average molecular weight is 204 g/mol. The number of esters is 1. The second-order valence-corrected chi connectivity index (χ2v) is 2.62. The molecule has 5 heteroatoms. The van der Waals surface area contributed by atoms with Crippen LogP contribution in [0.3, 0.4) is 0 Å². The van der Waals surface area contributed by atoms with Crippen LogP contribution in [0.1, 0.15) is 12.5 Å². The standard InChI is InChI=1S/C9H7F3O2/c1-6(13)14-9(11,12)7-2-4-8(10)5-3-7/h2-5H,1H3. The first-order valence-electron chi connectivity index (χ1n) is 3.75. The van der Waals surface area contributed by atoms with Crippen molar-refractivity contribution < 1.29 is 22.7 Å². The fourth-order valence-electron chi connectivity index (χ4n) is 0.883. The normalized spacial score (nSPS) is 11.1. The van der Waals surface area contributed by atoms with Gasteiger partial charge in [0, 0.05) is 6.92 Å². The van der Waals surface area contributed by atoms with E-state index in [1.54, 1.807) is 0 Å². The molecule has 0 unspecified atom stereocenters. The molecular weight excluding hydrogens is 197 g/mol. The van der Waals surface area contributed by atoms with E-state index in [9.17, 15) is 18.0 Å². The molecule has 76 valence electrons. The van der Waals surface area contributed by atoms with Crippen LogP contribution in [0.5, 0.6) is 0 Å². The number of carbonyl (C=O) groups is 1. The molecule has 0 amide bonds. The molecule has 14 heavy (non-hydrogen) atoms. The zero-order valence-electron chi connectivity index (χ0n) is 7.26. The molecule has 1 rings (SSSR count). The first-order chi connectivity index (χ1) is 6.42. The van der Waals surface area contributed by atoms with E-state index in [1.165, 1.54) is 0 Å². The number of rotatable bonds is 2. The van der Waals surface area contributed by atoms with Crippen LogP contribution in [0.15, 0.2) is 24.3 Å². The molecule has 1 aromatic rings. The van der Waals surface area contributed by atoms with Crippen LogP contribution >= 0.6 is 0 Å². The number of ether oxygens (including phenoxy) is 1. The Hall–Kier alpha value is -1.52. The Kier molecular flexibility index (Phi) is 2.78. The maximum absolute atomic E-state index is 13.0. The zero-order chi connectivity index (χ0) is 10.8. The minimum absolute atomic E-state index is 0.561. The van der Waals surface area contributed by atoms with Crippen LogP contribution < -0.4 is 0 Å². The van der Waals surface area contributed by atoms with Gasteiger partial charge >= 0.3 is 12.1 Å². The van der Waals surface area contributed by atoms with Crippen molar-refractivity contribution in [3.8, 4) is 0 Å². The summed E-state index contributed by atoms with van der Waals surface area (Å²) in [5, 5.41) is 0. The Bertz CT molecular complexity index is 332. The van der Waals surface area contributed by atoms with E-state index in [1.807, 2.05) is 0 Å². The lowest BCUT2D eigenvalue weighted by molar-refractivity contribution is -0.238. The monoisotopic (exact) mass is 204 g/mol. The second-order valence-electron chi connectivity index (χ2n) is 2.62. The highest BCUT2D eigenvalue weighted by Crippen LogP contribution is 2.29. The molecule has 0 saturated heterocycles. The summed E-state index contributed by atoms with van der Waals surface area (Å²) in [5.74, 6) is -1.73. The van der Waals surface area contributed by atoms with E-state index in [-0.39, 0.29) is 0 Å². The third kappa shape index (κ3) is 2.48. The number of hydrogen-bond donors (Lipinski definition) is 0. The summed E-state index contributed by atoms with van der Waals surface area (Å²) in [6, 6.07) is 3.45. The largest absolute Gasteiger partial charge is 0.428 e. The van der Waals surface area contributed by atoms with E-state index in [2.05, 4.69) is 4.74 Å². The van der Waals surface area contributed by atoms with Gasteiger partial charge in [0.15, 0.2) is 0 Å². The topological polar surface area (TPSA) is 26.3 Å². The molecule has 0 fully saturated rings. The Balaban J connectivity index is 2.91. The van der Waals surface area contributed by atoms with Crippen molar-refractivity contribution in [3.05, 3.63) is 35.6 Å². The third-order valence-corrected chi connectivity index (χ3v) is 1.45.